The number of aryl methyl sites for hydroxylation is 1. The Kier molecular flexibility index (Phi) is 5.45. The summed E-state index contributed by atoms with van der Waals surface area (Å²) in [6.45, 7) is 4.05. The van der Waals surface area contributed by atoms with E-state index in [1.165, 1.54) is 30.2 Å². The van der Waals surface area contributed by atoms with Crippen molar-refractivity contribution in [2.75, 3.05) is 0 Å². The molecule has 1 atom stereocenters. The molecule has 1 N–H and O–H groups in total. The van der Waals surface area contributed by atoms with Crippen LogP contribution in [0.1, 0.15) is 38.2 Å². The fourth-order valence-corrected chi connectivity index (χ4v) is 5.42. The van der Waals surface area contributed by atoms with Gasteiger partial charge in [0.1, 0.15) is 16.2 Å². The van der Waals surface area contributed by atoms with Crippen molar-refractivity contribution in [1.82, 2.24) is 15.3 Å². The molecule has 140 valence electrons. The van der Waals surface area contributed by atoms with Crippen molar-refractivity contribution in [3.05, 3.63) is 41.5 Å². The van der Waals surface area contributed by atoms with Crippen molar-refractivity contribution in [1.29, 1.82) is 0 Å². The second kappa shape index (κ2) is 7.98. The summed E-state index contributed by atoms with van der Waals surface area (Å²) in [5.74, 6) is 0.103. The molecule has 4 rings (SSSR count). The lowest BCUT2D eigenvalue weighted by molar-refractivity contribution is -0.120. The number of hydrogen-bond acceptors (Lipinski definition) is 5. The van der Waals surface area contributed by atoms with Crippen molar-refractivity contribution >= 4 is 39.2 Å². The van der Waals surface area contributed by atoms with E-state index in [1.54, 1.807) is 17.7 Å². The smallest absolute Gasteiger partial charge is 0.233 e. The molecule has 3 aromatic rings. The molecule has 2 aromatic heterocycles. The Labute approximate surface area is 167 Å². The van der Waals surface area contributed by atoms with Gasteiger partial charge in [0.15, 0.2) is 0 Å². The SMILES string of the molecule is Cc1ccc(-c2csc3ncnc(SC(C)C(=O)NC4CCCC4)c23)cc1. The Balaban J connectivity index is 1.60. The monoisotopic (exact) mass is 397 g/mol. The minimum atomic E-state index is -0.186. The van der Waals surface area contributed by atoms with Gasteiger partial charge in [0.2, 0.25) is 5.91 Å². The van der Waals surface area contributed by atoms with E-state index >= 15 is 0 Å². The van der Waals surface area contributed by atoms with E-state index in [0.29, 0.717) is 6.04 Å². The van der Waals surface area contributed by atoms with Gasteiger partial charge < -0.3 is 5.32 Å². The Morgan fingerprint density at radius 2 is 1.96 bits per heavy atom. The third-order valence-electron chi connectivity index (χ3n) is 5.06. The van der Waals surface area contributed by atoms with E-state index in [9.17, 15) is 4.79 Å². The van der Waals surface area contributed by atoms with Crippen molar-refractivity contribution in [3.63, 3.8) is 0 Å². The molecule has 1 amide bonds. The summed E-state index contributed by atoms with van der Waals surface area (Å²) < 4.78 is 0. The van der Waals surface area contributed by atoms with Gasteiger partial charge in [-0.15, -0.1) is 11.3 Å². The van der Waals surface area contributed by atoms with E-state index in [1.807, 2.05) is 6.92 Å². The number of carbonyl (C=O) groups is 1. The van der Waals surface area contributed by atoms with Gasteiger partial charge in [-0.2, -0.15) is 0 Å². The van der Waals surface area contributed by atoms with Gasteiger partial charge in [-0.1, -0.05) is 54.4 Å². The topological polar surface area (TPSA) is 54.9 Å². The summed E-state index contributed by atoms with van der Waals surface area (Å²) in [5, 5.41) is 7.08. The quantitative estimate of drug-likeness (QED) is 0.474. The summed E-state index contributed by atoms with van der Waals surface area (Å²) in [5.41, 5.74) is 3.54. The Bertz CT molecular complexity index is 946. The number of thioether (sulfide) groups is 1. The molecule has 2 heterocycles. The second-order valence-corrected chi connectivity index (χ2v) is 9.31. The molecule has 4 nitrogen and oxygen atoms in total. The third kappa shape index (κ3) is 4.01. The lowest BCUT2D eigenvalue weighted by Crippen LogP contribution is -2.37. The van der Waals surface area contributed by atoms with Crippen molar-refractivity contribution in [3.8, 4) is 11.1 Å². The normalized spacial score (nSPS) is 15.9. The van der Waals surface area contributed by atoms with Crippen LogP contribution >= 0.6 is 23.1 Å². The van der Waals surface area contributed by atoms with E-state index in [0.717, 1.165) is 39.2 Å². The molecule has 1 aliphatic rings. The first-order valence-electron chi connectivity index (χ1n) is 9.38. The van der Waals surface area contributed by atoms with Crippen molar-refractivity contribution in [2.24, 2.45) is 0 Å². The minimum Gasteiger partial charge on any atom is -0.352 e. The highest BCUT2D eigenvalue weighted by atomic mass is 32.2. The van der Waals surface area contributed by atoms with Crippen LogP contribution in [0.3, 0.4) is 0 Å². The van der Waals surface area contributed by atoms with Crippen molar-refractivity contribution < 1.29 is 4.79 Å². The predicted octanol–water partition coefficient (Wildman–Crippen LogP) is 5.21. The number of nitrogens with one attached hydrogen (secondary N) is 1. The molecule has 0 radical (unpaired) electrons. The van der Waals surface area contributed by atoms with Crippen LogP contribution in [-0.4, -0.2) is 27.2 Å². The molecule has 0 bridgehead atoms. The highest BCUT2D eigenvalue weighted by molar-refractivity contribution is 8.00. The number of thiophene rings is 1. The standard InChI is InChI=1S/C21H23N3OS2/c1-13-7-9-15(10-8-13)17-11-26-20-18(17)21(23-12-22-20)27-14(2)19(25)24-16-5-3-4-6-16/h7-12,14,16H,3-6H2,1-2H3,(H,24,25). The lowest BCUT2D eigenvalue weighted by atomic mass is 10.1. The largest absolute Gasteiger partial charge is 0.352 e. The molecular formula is C21H23N3OS2. The molecule has 1 unspecified atom stereocenters. The molecule has 27 heavy (non-hydrogen) atoms. The maximum Gasteiger partial charge on any atom is 0.233 e. The Morgan fingerprint density at radius 1 is 1.22 bits per heavy atom. The van der Waals surface area contributed by atoms with E-state index in [2.05, 4.69) is 51.9 Å². The van der Waals surface area contributed by atoms with Gasteiger partial charge in [0.25, 0.3) is 0 Å². The summed E-state index contributed by atoms with van der Waals surface area (Å²) in [4.78, 5) is 22.5. The Hall–Kier alpha value is -1.92. The average Bonchev–Trinajstić information content (AvgIpc) is 3.32. The number of hydrogen-bond donors (Lipinski definition) is 1. The van der Waals surface area contributed by atoms with Gasteiger partial charge in [0, 0.05) is 17.0 Å². The fourth-order valence-electron chi connectivity index (χ4n) is 3.49. The van der Waals surface area contributed by atoms with Crippen LogP contribution in [0, 0.1) is 6.92 Å². The molecule has 0 saturated heterocycles. The zero-order valence-electron chi connectivity index (χ0n) is 15.6. The molecule has 0 spiro atoms. The van der Waals surface area contributed by atoms with Crippen LogP contribution in [0.2, 0.25) is 0 Å². The number of nitrogens with zero attached hydrogens (tertiary/aromatic N) is 2. The number of fused-ring (bicyclic) bond motifs is 1. The first-order valence-corrected chi connectivity index (χ1v) is 11.1. The second-order valence-electron chi connectivity index (χ2n) is 7.12. The molecule has 1 aromatic carbocycles. The average molecular weight is 398 g/mol. The van der Waals surface area contributed by atoms with Gasteiger partial charge >= 0.3 is 0 Å². The molecular weight excluding hydrogens is 374 g/mol. The Morgan fingerprint density at radius 3 is 2.70 bits per heavy atom. The van der Waals surface area contributed by atoms with Gasteiger partial charge in [0.05, 0.1) is 10.6 Å². The van der Waals surface area contributed by atoms with Gasteiger partial charge in [-0.3, -0.25) is 4.79 Å². The summed E-state index contributed by atoms with van der Waals surface area (Å²) >= 11 is 3.15. The number of rotatable bonds is 5. The van der Waals surface area contributed by atoms with Crippen LogP contribution in [0.15, 0.2) is 41.0 Å². The summed E-state index contributed by atoms with van der Waals surface area (Å²) in [6, 6.07) is 8.85. The molecule has 1 saturated carbocycles. The maximum absolute atomic E-state index is 12.6. The highest BCUT2D eigenvalue weighted by Crippen LogP contribution is 2.39. The predicted molar refractivity (Wildman–Crippen MR) is 113 cm³/mol. The lowest BCUT2D eigenvalue weighted by Gasteiger charge is -2.16. The molecule has 6 heteroatoms. The number of carbonyl (C=O) groups excluding carboxylic acids is 1. The first kappa shape index (κ1) is 18.4. The summed E-state index contributed by atoms with van der Waals surface area (Å²) in [6.07, 6.45) is 6.23. The van der Waals surface area contributed by atoms with E-state index in [4.69, 9.17) is 0 Å². The fraction of sp³-hybridized carbons (Fsp3) is 0.381. The number of benzene rings is 1. The van der Waals surface area contributed by atoms with Crippen LogP contribution in [0.4, 0.5) is 0 Å². The molecule has 1 fully saturated rings. The zero-order valence-corrected chi connectivity index (χ0v) is 17.2. The molecule has 1 aliphatic carbocycles. The third-order valence-corrected chi connectivity index (χ3v) is 7.04. The van der Waals surface area contributed by atoms with Gasteiger partial charge in [-0.25, -0.2) is 9.97 Å². The van der Waals surface area contributed by atoms with Crippen molar-refractivity contribution in [2.45, 2.75) is 55.8 Å². The van der Waals surface area contributed by atoms with Gasteiger partial charge in [-0.05, 0) is 32.3 Å². The maximum atomic E-state index is 12.6. The van der Waals surface area contributed by atoms with Crippen LogP contribution in [0.25, 0.3) is 21.3 Å². The van der Waals surface area contributed by atoms with Crippen LogP contribution in [-0.2, 0) is 4.79 Å². The number of amides is 1. The van der Waals surface area contributed by atoms with E-state index < -0.39 is 0 Å². The number of aromatic nitrogens is 2. The first-order chi connectivity index (χ1) is 13.1. The van der Waals surface area contributed by atoms with Crippen LogP contribution < -0.4 is 5.32 Å². The molecule has 0 aliphatic heterocycles. The van der Waals surface area contributed by atoms with E-state index in [-0.39, 0.29) is 11.2 Å². The van der Waals surface area contributed by atoms with Crippen LogP contribution in [0.5, 0.6) is 0 Å². The zero-order chi connectivity index (χ0) is 18.8. The summed E-state index contributed by atoms with van der Waals surface area (Å²) in [7, 11) is 0. The highest BCUT2D eigenvalue weighted by Gasteiger charge is 2.23. The minimum absolute atomic E-state index is 0.103.